The molecule has 0 spiro atoms. The largest absolute Gasteiger partial charge is 0.457 e. The van der Waals surface area contributed by atoms with Gasteiger partial charge in [0.15, 0.2) is 18.7 Å². The summed E-state index contributed by atoms with van der Waals surface area (Å²) < 4.78 is 32.5. The number of aliphatic hydroxyl groups is 5. The molecule has 3 aliphatic rings. The number of hydrazone groups is 2. The van der Waals surface area contributed by atoms with Crippen LogP contribution in [0.3, 0.4) is 0 Å². The third-order valence-electron chi connectivity index (χ3n) is 5.99. The van der Waals surface area contributed by atoms with Gasteiger partial charge in [-0.3, -0.25) is 14.8 Å². The number of rotatable bonds is 12. The second-order valence-corrected chi connectivity index (χ2v) is 8.79. The number of ether oxygens (including phenoxy) is 6. The molecule has 3 saturated heterocycles. The summed E-state index contributed by atoms with van der Waals surface area (Å²) in [7, 11) is 0. The first-order valence-corrected chi connectivity index (χ1v) is 12.5. The maximum atomic E-state index is 11.5. The van der Waals surface area contributed by atoms with E-state index in [-0.39, 0.29) is 0 Å². The van der Waals surface area contributed by atoms with Crippen LogP contribution in [0.5, 0.6) is 0 Å². The molecule has 218 valence electrons. The maximum Gasteiger partial charge on any atom is 0.303 e. The van der Waals surface area contributed by atoms with Gasteiger partial charge in [-0.15, -0.1) is 0 Å². The van der Waals surface area contributed by atoms with E-state index in [1.54, 1.807) is 10.0 Å². The van der Waals surface area contributed by atoms with Crippen molar-refractivity contribution in [2.75, 3.05) is 65.8 Å². The number of morpholine rings is 2. The van der Waals surface area contributed by atoms with Gasteiger partial charge in [0.1, 0.15) is 30.5 Å². The summed E-state index contributed by atoms with van der Waals surface area (Å²) >= 11 is 0. The summed E-state index contributed by atoms with van der Waals surface area (Å²) in [6, 6.07) is 0. The topological polar surface area (TPSA) is 205 Å². The lowest BCUT2D eigenvalue weighted by atomic mass is 9.99. The van der Waals surface area contributed by atoms with E-state index < -0.39 is 68.4 Å². The Morgan fingerprint density at radius 3 is 2.11 bits per heavy atom. The highest BCUT2D eigenvalue weighted by molar-refractivity contribution is 5.66. The fourth-order valence-corrected chi connectivity index (χ4v) is 3.96. The molecule has 3 rings (SSSR count). The van der Waals surface area contributed by atoms with E-state index >= 15 is 0 Å². The molecule has 0 aromatic heterocycles. The molecular formula is C22H38N4O12. The third-order valence-corrected chi connectivity index (χ3v) is 5.99. The van der Waals surface area contributed by atoms with Gasteiger partial charge < -0.3 is 54.0 Å². The van der Waals surface area contributed by atoms with Gasteiger partial charge in [0.2, 0.25) is 0 Å². The van der Waals surface area contributed by atoms with Crippen molar-refractivity contribution < 1.29 is 58.7 Å². The van der Waals surface area contributed by atoms with Crippen LogP contribution in [0.4, 0.5) is 0 Å². The normalized spacial score (nSPS) is 31.5. The van der Waals surface area contributed by atoms with Crippen molar-refractivity contribution in [2.24, 2.45) is 10.2 Å². The second kappa shape index (κ2) is 15.6. The van der Waals surface area contributed by atoms with Crippen molar-refractivity contribution in [3.05, 3.63) is 0 Å². The van der Waals surface area contributed by atoms with Crippen LogP contribution in [0.15, 0.2) is 10.2 Å². The van der Waals surface area contributed by atoms with Gasteiger partial charge >= 0.3 is 5.97 Å². The molecule has 3 aliphatic heterocycles. The highest BCUT2D eigenvalue weighted by Crippen LogP contribution is 2.26. The Kier molecular flexibility index (Phi) is 12.5. The average molecular weight is 551 g/mol. The van der Waals surface area contributed by atoms with Crippen LogP contribution in [-0.2, 0) is 33.2 Å². The van der Waals surface area contributed by atoms with Gasteiger partial charge in [0.05, 0.1) is 78.2 Å². The van der Waals surface area contributed by atoms with Crippen LogP contribution in [0.2, 0.25) is 0 Å². The van der Waals surface area contributed by atoms with E-state index in [2.05, 4.69) is 10.2 Å². The molecule has 0 unspecified atom stereocenters. The lowest BCUT2D eigenvalue weighted by Crippen LogP contribution is -2.61. The Labute approximate surface area is 219 Å². The molecule has 38 heavy (non-hydrogen) atoms. The van der Waals surface area contributed by atoms with E-state index in [9.17, 15) is 30.3 Å². The molecular weight excluding hydrogens is 512 g/mol. The van der Waals surface area contributed by atoms with Gasteiger partial charge in [-0.2, -0.15) is 10.2 Å². The summed E-state index contributed by atoms with van der Waals surface area (Å²) in [4.78, 5) is 11.5. The number of hydrogen-bond donors (Lipinski definition) is 5. The Morgan fingerprint density at radius 2 is 1.58 bits per heavy atom. The Balaban J connectivity index is 1.75. The molecule has 0 aliphatic carbocycles. The Bertz CT molecular complexity index is 765. The summed E-state index contributed by atoms with van der Waals surface area (Å²) in [6.45, 7) is 3.83. The zero-order valence-electron chi connectivity index (χ0n) is 21.2. The standard InChI is InChI=1S/C22H38N4O12/c1-14(29)35-21-19(31)17(13-28)38-22(20(21)32)37-15(10-23-25-2-6-33-7-3-25)16(12-27)36-18(30)11-24-26-4-8-34-9-5-26/h10-11,15-22,27-28,30-32H,2-9,12-13H2,1H3/b23-10+,24-11-/t15-,16-,17+,18-,19+,20+,21-,22+/m1/s1. The second-order valence-electron chi connectivity index (χ2n) is 8.79. The molecule has 3 fully saturated rings. The number of nitrogens with zero attached hydrogens (tertiary/aromatic N) is 4. The molecule has 0 amide bonds. The van der Waals surface area contributed by atoms with Crippen LogP contribution in [0.25, 0.3) is 0 Å². The van der Waals surface area contributed by atoms with Crippen LogP contribution in [0.1, 0.15) is 6.92 Å². The van der Waals surface area contributed by atoms with Crippen LogP contribution in [-0.4, -0.2) is 169 Å². The number of hydrogen-bond acceptors (Lipinski definition) is 16. The van der Waals surface area contributed by atoms with E-state index in [0.29, 0.717) is 52.6 Å². The van der Waals surface area contributed by atoms with Gasteiger partial charge in [-0.25, -0.2) is 0 Å². The number of carbonyl (C=O) groups excluding carboxylic acids is 1. The molecule has 16 nitrogen and oxygen atoms in total. The van der Waals surface area contributed by atoms with E-state index in [0.717, 1.165) is 13.1 Å². The summed E-state index contributed by atoms with van der Waals surface area (Å²) in [6.07, 6.45) is -8.91. The van der Waals surface area contributed by atoms with E-state index in [1.165, 1.54) is 6.21 Å². The van der Waals surface area contributed by atoms with Gasteiger partial charge in [0, 0.05) is 6.92 Å². The molecule has 0 aromatic carbocycles. The van der Waals surface area contributed by atoms with Crippen molar-refractivity contribution >= 4 is 18.4 Å². The van der Waals surface area contributed by atoms with Crippen LogP contribution >= 0.6 is 0 Å². The smallest absolute Gasteiger partial charge is 0.303 e. The minimum atomic E-state index is -1.66. The number of aliphatic hydroxyl groups excluding tert-OH is 5. The van der Waals surface area contributed by atoms with Crippen molar-refractivity contribution in [3.63, 3.8) is 0 Å². The molecule has 0 radical (unpaired) electrons. The molecule has 8 atom stereocenters. The van der Waals surface area contributed by atoms with Crippen LogP contribution in [0, 0.1) is 0 Å². The highest BCUT2D eigenvalue weighted by Gasteiger charge is 2.48. The fourth-order valence-electron chi connectivity index (χ4n) is 3.96. The molecule has 0 aromatic rings. The minimum absolute atomic E-state index is 0.462. The maximum absolute atomic E-state index is 11.5. The molecule has 0 saturated carbocycles. The first-order chi connectivity index (χ1) is 18.3. The van der Waals surface area contributed by atoms with Crippen molar-refractivity contribution in [2.45, 2.75) is 56.1 Å². The summed E-state index contributed by atoms with van der Waals surface area (Å²) in [5.74, 6) is -0.768. The van der Waals surface area contributed by atoms with Gasteiger partial charge in [-0.05, 0) is 0 Å². The summed E-state index contributed by atoms with van der Waals surface area (Å²) in [5, 5.41) is 63.1. The quantitative estimate of drug-likeness (QED) is 0.0895. The first-order valence-electron chi connectivity index (χ1n) is 12.5. The predicted molar refractivity (Wildman–Crippen MR) is 128 cm³/mol. The first kappa shape index (κ1) is 30.6. The number of carbonyl (C=O) groups is 1. The van der Waals surface area contributed by atoms with E-state index in [4.69, 9.17) is 28.4 Å². The molecule has 16 heteroatoms. The average Bonchev–Trinajstić information content (AvgIpc) is 2.93. The van der Waals surface area contributed by atoms with Crippen LogP contribution < -0.4 is 0 Å². The Hall–Kier alpha value is -1.99. The van der Waals surface area contributed by atoms with Crippen molar-refractivity contribution in [1.29, 1.82) is 0 Å². The van der Waals surface area contributed by atoms with Crippen molar-refractivity contribution in [1.82, 2.24) is 10.0 Å². The highest BCUT2D eigenvalue weighted by atomic mass is 16.7. The third kappa shape index (κ3) is 9.04. The lowest BCUT2D eigenvalue weighted by Gasteiger charge is -2.42. The zero-order valence-corrected chi connectivity index (χ0v) is 21.2. The minimum Gasteiger partial charge on any atom is -0.457 e. The SMILES string of the molecule is CC(=O)O[C@H]1[C@H](O)[C@@H](O[C@H](/C=N/N2CCOCC2)[C@@H](CO)O[C@@H](O)/C=N\N2CCOCC2)O[C@@H](CO)[C@@H]1O. The van der Waals surface area contributed by atoms with Gasteiger partial charge in [0.25, 0.3) is 0 Å². The number of esters is 1. The summed E-state index contributed by atoms with van der Waals surface area (Å²) in [5.41, 5.74) is 0. The lowest BCUT2D eigenvalue weighted by molar-refractivity contribution is -0.315. The van der Waals surface area contributed by atoms with E-state index in [1.807, 2.05) is 0 Å². The monoisotopic (exact) mass is 550 g/mol. The molecule has 5 N–H and O–H groups in total. The predicted octanol–water partition coefficient (Wildman–Crippen LogP) is -3.93. The Morgan fingerprint density at radius 1 is 1.00 bits per heavy atom. The molecule has 0 bridgehead atoms. The zero-order chi connectivity index (χ0) is 27.5. The van der Waals surface area contributed by atoms with Crippen molar-refractivity contribution in [3.8, 4) is 0 Å². The fraction of sp³-hybridized carbons (Fsp3) is 0.864. The molecule has 3 heterocycles. The van der Waals surface area contributed by atoms with Gasteiger partial charge in [-0.1, -0.05) is 0 Å².